The molecule has 184 valence electrons. The molecule has 1 fully saturated rings. The maximum atomic E-state index is 13.2. The molecule has 0 saturated carbocycles. The molecule has 2 aromatic rings. The Morgan fingerprint density at radius 2 is 1.82 bits per heavy atom. The van der Waals surface area contributed by atoms with Crippen LogP contribution in [0, 0.1) is 0 Å². The fourth-order valence-corrected chi connectivity index (χ4v) is 6.66. The van der Waals surface area contributed by atoms with E-state index in [1.54, 1.807) is 24.3 Å². The monoisotopic (exact) mass is 509 g/mol. The molecule has 0 aliphatic carbocycles. The maximum absolute atomic E-state index is 13.2. The van der Waals surface area contributed by atoms with Crippen molar-refractivity contribution in [2.45, 2.75) is 30.8 Å². The number of sulfonamides is 2. The number of carbonyl (C=O) groups excluding carboxylic acids is 1. The summed E-state index contributed by atoms with van der Waals surface area (Å²) in [5, 5.41) is 2.66. The summed E-state index contributed by atoms with van der Waals surface area (Å²) < 4.78 is 65.0. The number of hydrogen-bond donors (Lipinski definition) is 1. The summed E-state index contributed by atoms with van der Waals surface area (Å²) in [5.74, 6) is -0.231. The van der Waals surface area contributed by atoms with E-state index in [-0.39, 0.29) is 34.4 Å². The highest BCUT2D eigenvalue weighted by Crippen LogP contribution is 2.36. The van der Waals surface area contributed by atoms with Gasteiger partial charge in [0.05, 0.1) is 35.7 Å². The van der Waals surface area contributed by atoms with Gasteiger partial charge in [0.2, 0.25) is 20.0 Å². The highest BCUT2D eigenvalue weighted by atomic mass is 32.2. The summed E-state index contributed by atoms with van der Waals surface area (Å²) in [6.45, 7) is 2.22. The number of carbonyl (C=O) groups is 1. The zero-order valence-electron chi connectivity index (χ0n) is 18.9. The molecule has 0 radical (unpaired) electrons. The molecule has 1 saturated heterocycles. The van der Waals surface area contributed by atoms with Gasteiger partial charge in [-0.2, -0.15) is 4.31 Å². The molecular formula is C22H27N3O7S2. The Kier molecular flexibility index (Phi) is 6.74. The van der Waals surface area contributed by atoms with Crippen molar-refractivity contribution in [3.63, 3.8) is 0 Å². The third-order valence-corrected chi connectivity index (χ3v) is 9.50. The Bertz CT molecular complexity index is 1290. The van der Waals surface area contributed by atoms with Gasteiger partial charge in [-0.3, -0.25) is 9.10 Å². The minimum absolute atomic E-state index is 0.0376. The lowest BCUT2D eigenvalue weighted by Crippen LogP contribution is -2.49. The summed E-state index contributed by atoms with van der Waals surface area (Å²) in [6, 6.07) is 10.9. The molecular weight excluding hydrogens is 482 g/mol. The molecule has 1 amide bonds. The van der Waals surface area contributed by atoms with E-state index in [1.807, 2.05) is 0 Å². The van der Waals surface area contributed by atoms with E-state index in [4.69, 9.17) is 9.47 Å². The Balaban J connectivity index is 1.62. The number of nitrogens with one attached hydrogen (secondary N) is 1. The van der Waals surface area contributed by atoms with Crippen molar-refractivity contribution in [3.8, 4) is 11.5 Å². The second-order valence-electron chi connectivity index (χ2n) is 7.97. The number of rotatable bonds is 7. The van der Waals surface area contributed by atoms with E-state index in [0.29, 0.717) is 18.8 Å². The SMILES string of the molecule is CCS(=O)(=O)N1C[C@H](C(=O)Nc2cc(S(=O)(=O)N3CCCC3)ccc2OC)Oc2ccccc21. The van der Waals surface area contributed by atoms with Gasteiger partial charge in [-0.05, 0) is 50.1 Å². The third-order valence-electron chi connectivity index (χ3n) is 5.86. The lowest BCUT2D eigenvalue weighted by Gasteiger charge is -2.34. The number of hydrogen-bond acceptors (Lipinski definition) is 7. The van der Waals surface area contributed by atoms with Crippen LogP contribution in [0.2, 0.25) is 0 Å². The van der Waals surface area contributed by atoms with E-state index in [0.717, 1.165) is 12.8 Å². The normalized spacial score (nSPS) is 18.8. The van der Waals surface area contributed by atoms with Gasteiger partial charge in [-0.15, -0.1) is 0 Å². The highest BCUT2D eigenvalue weighted by molar-refractivity contribution is 7.92. The fraction of sp³-hybridized carbons (Fsp3) is 0.409. The van der Waals surface area contributed by atoms with Gasteiger partial charge < -0.3 is 14.8 Å². The molecule has 34 heavy (non-hydrogen) atoms. The zero-order valence-corrected chi connectivity index (χ0v) is 20.6. The van der Waals surface area contributed by atoms with Crippen molar-refractivity contribution in [2.24, 2.45) is 0 Å². The Morgan fingerprint density at radius 1 is 1.12 bits per heavy atom. The van der Waals surface area contributed by atoms with Crippen molar-refractivity contribution in [2.75, 3.05) is 42.1 Å². The number of benzene rings is 2. The van der Waals surface area contributed by atoms with E-state index in [9.17, 15) is 21.6 Å². The van der Waals surface area contributed by atoms with Crippen molar-refractivity contribution in [1.29, 1.82) is 0 Å². The topological polar surface area (TPSA) is 122 Å². The van der Waals surface area contributed by atoms with Crippen LogP contribution < -0.4 is 19.1 Å². The smallest absolute Gasteiger partial charge is 0.267 e. The molecule has 10 nitrogen and oxygen atoms in total. The maximum Gasteiger partial charge on any atom is 0.267 e. The fourth-order valence-electron chi connectivity index (χ4n) is 3.99. The van der Waals surface area contributed by atoms with Gasteiger partial charge in [-0.25, -0.2) is 16.8 Å². The summed E-state index contributed by atoms with van der Waals surface area (Å²) in [7, 11) is -5.96. The minimum Gasteiger partial charge on any atom is -0.495 e. The van der Waals surface area contributed by atoms with Gasteiger partial charge in [0, 0.05) is 13.1 Å². The standard InChI is InChI=1S/C22H27N3O7S2/c1-3-33(27,28)25-15-21(32-20-9-5-4-8-18(20)25)22(26)23-17-14-16(10-11-19(17)31-2)34(29,30)24-12-6-7-13-24/h4-5,8-11,14,21H,3,6-7,12-13,15H2,1-2H3,(H,23,26)/t21-/m1/s1. The van der Waals surface area contributed by atoms with Crippen molar-refractivity contribution in [1.82, 2.24) is 4.31 Å². The molecule has 1 N–H and O–H groups in total. The number of nitrogens with zero attached hydrogens (tertiary/aromatic N) is 2. The summed E-state index contributed by atoms with van der Waals surface area (Å²) >= 11 is 0. The minimum atomic E-state index is -3.71. The van der Waals surface area contributed by atoms with Crippen LogP contribution in [0.15, 0.2) is 47.4 Å². The lowest BCUT2D eigenvalue weighted by molar-refractivity contribution is -0.122. The molecule has 2 aliphatic heterocycles. The number of methoxy groups -OCH3 is 1. The Labute approximate surface area is 199 Å². The number of anilines is 2. The third kappa shape index (κ3) is 4.57. The second-order valence-corrected chi connectivity index (χ2v) is 12.1. The average Bonchev–Trinajstić information content (AvgIpc) is 3.39. The molecule has 0 unspecified atom stereocenters. The first-order valence-corrected chi connectivity index (χ1v) is 14.0. The number of amides is 1. The van der Waals surface area contributed by atoms with Crippen molar-refractivity contribution in [3.05, 3.63) is 42.5 Å². The number of fused-ring (bicyclic) bond motifs is 1. The molecule has 0 bridgehead atoms. The predicted octanol–water partition coefficient (Wildman–Crippen LogP) is 2.04. The molecule has 1 atom stereocenters. The van der Waals surface area contributed by atoms with E-state index in [1.165, 1.54) is 40.8 Å². The van der Waals surface area contributed by atoms with Crippen LogP contribution in [0.3, 0.4) is 0 Å². The number of ether oxygens (including phenoxy) is 2. The molecule has 12 heteroatoms. The first kappa shape index (κ1) is 24.3. The van der Waals surface area contributed by atoms with Gasteiger partial charge in [0.1, 0.15) is 11.5 Å². The van der Waals surface area contributed by atoms with Gasteiger partial charge in [0.15, 0.2) is 6.10 Å². The van der Waals surface area contributed by atoms with Crippen LogP contribution in [0.1, 0.15) is 19.8 Å². The Hall–Kier alpha value is -2.83. The van der Waals surface area contributed by atoms with Gasteiger partial charge in [-0.1, -0.05) is 12.1 Å². The van der Waals surface area contributed by atoms with Crippen LogP contribution in [-0.4, -0.2) is 65.6 Å². The Morgan fingerprint density at radius 3 is 2.50 bits per heavy atom. The molecule has 0 spiro atoms. The molecule has 4 rings (SSSR count). The van der Waals surface area contributed by atoms with Crippen LogP contribution in [0.4, 0.5) is 11.4 Å². The summed E-state index contributed by atoms with van der Waals surface area (Å²) in [5.41, 5.74) is 0.518. The van der Waals surface area contributed by atoms with Crippen LogP contribution >= 0.6 is 0 Å². The van der Waals surface area contributed by atoms with Crippen molar-refractivity contribution < 1.29 is 31.1 Å². The average molecular weight is 510 g/mol. The van der Waals surface area contributed by atoms with Gasteiger partial charge >= 0.3 is 0 Å². The number of para-hydroxylation sites is 2. The lowest BCUT2D eigenvalue weighted by atomic mass is 10.2. The highest BCUT2D eigenvalue weighted by Gasteiger charge is 2.36. The molecule has 0 aromatic heterocycles. The van der Waals surface area contributed by atoms with Gasteiger partial charge in [0.25, 0.3) is 5.91 Å². The van der Waals surface area contributed by atoms with E-state index >= 15 is 0 Å². The first-order valence-electron chi connectivity index (χ1n) is 10.9. The molecule has 2 aliphatic rings. The van der Waals surface area contributed by atoms with Crippen LogP contribution in [0.5, 0.6) is 11.5 Å². The van der Waals surface area contributed by atoms with Crippen molar-refractivity contribution >= 4 is 37.3 Å². The second kappa shape index (κ2) is 9.43. The van der Waals surface area contributed by atoms with E-state index < -0.39 is 32.1 Å². The van der Waals surface area contributed by atoms with Crippen LogP contribution in [0.25, 0.3) is 0 Å². The largest absolute Gasteiger partial charge is 0.495 e. The zero-order chi connectivity index (χ0) is 24.5. The summed E-state index contributed by atoms with van der Waals surface area (Å²) in [6.07, 6.45) is 0.451. The molecule has 2 aromatic carbocycles. The first-order chi connectivity index (χ1) is 16.2. The predicted molar refractivity (Wildman–Crippen MR) is 127 cm³/mol. The summed E-state index contributed by atoms with van der Waals surface area (Å²) in [4.78, 5) is 13.2. The quantitative estimate of drug-likeness (QED) is 0.606. The van der Waals surface area contributed by atoms with E-state index in [2.05, 4.69) is 5.32 Å². The van der Waals surface area contributed by atoms with Crippen LogP contribution in [-0.2, 0) is 24.8 Å². The molecule has 2 heterocycles.